The zero-order valence-electron chi connectivity index (χ0n) is 11.2. The number of carbonyl (C=O) groups is 2. The van der Waals surface area contributed by atoms with Crippen LogP contribution < -0.4 is 9.47 Å². The summed E-state index contributed by atoms with van der Waals surface area (Å²) in [6.45, 7) is 1.42. The van der Waals surface area contributed by atoms with E-state index in [0.717, 1.165) is 25.9 Å². The van der Waals surface area contributed by atoms with Crippen molar-refractivity contribution in [3.05, 3.63) is 22.7 Å². The first-order valence-corrected chi connectivity index (χ1v) is 6.76. The van der Waals surface area contributed by atoms with Gasteiger partial charge < -0.3 is 14.4 Å². The maximum absolute atomic E-state index is 11.9. The first-order chi connectivity index (χ1) is 9.65. The van der Waals surface area contributed by atoms with Crippen molar-refractivity contribution in [2.24, 2.45) is 0 Å². The highest BCUT2D eigenvalue weighted by molar-refractivity contribution is 6.31. The molecule has 6 heteroatoms. The Kier molecular flexibility index (Phi) is 4.84. The van der Waals surface area contributed by atoms with Gasteiger partial charge >= 0.3 is 0 Å². The van der Waals surface area contributed by atoms with Crippen LogP contribution in [0, 0.1) is 0 Å². The maximum atomic E-state index is 11.9. The number of methoxy groups -OCH3 is 1. The lowest BCUT2D eigenvalue weighted by Gasteiger charge is -2.17. The van der Waals surface area contributed by atoms with E-state index in [9.17, 15) is 9.59 Å². The monoisotopic (exact) mass is 297 g/mol. The molecular weight excluding hydrogens is 282 g/mol. The second kappa shape index (κ2) is 6.61. The first-order valence-electron chi connectivity index (χ1n) is 6.39. The van der Waals surface area contributed by atoms with Gasteiger partial charge in [0.2, 0.25) is 0 Å². The summed E-state index contributed by atoms with van der Waals surface area (Å²) in [5, 5.41) is 0.377. The van der Waals surface area contributed by atoms with Crippen LogP contribution in [0.2, 0.25) is 5.02 Å². The van der Waals surface area contributed by atoms with Gasteiger partial charge in [0.15, 0.2) is 24.4 Å². The Morgan fingerprint density at radius 3 is 2.70 bits per heavy atom. The molecule has 0 bridgehead atoms. The Morgan fingerprint density at radius 1 is 1.40 bits per heavy atom. The fraction of sp³-hybridized carbons (Fsp3) is 0.429. The smallest absolute Gasteiger partial charge is 0.260 e. The van der Waals surface area contributed by atoms with E-state index in [0.29, 0.717) is 17.1 Å². The predicted molar refractivity (Wildman–Crippen MR) is 74.7 cm³/mol. The van der Waals surface area contributed by atoms with E-state index in [-0.39, 0.29) is 23.8 Å². The van der Waals surface area contributed by atoms with Gasteiger partial charge in [-0.3, -0.25) is 9.59 Å². The minimum Gasteiger partial charge on any atom is -0.493 e. The zero-order chi connectivity index (χ0) is 14.5. The Hall–Kier alpha value is -1.75. The number of halogens is 1. The van der Waals surface area contributed by atoms with Gasteiger partial charge in [-0.05, 0) is 18.9 Å². The van der Waals surface area contributed by atoms with E-state index >= 15 is 0 Å². The lowest BCUT2D eigenvalue weighted by molar-refractivity contribution is -0.132. The average molecular weight is 298 g/mol. The molecule has 1 aliphatic rings. The molecule has 1 amide bonds. The SMILES string of the molecule is COc1cc(Cl)cc(C=O)c1OCC(=O)N1CCCC1. The number of hydrogen-bond acceptors (Lipinski definition) is 4. The van der Waals surface area contributed by atoms with Crippen LogP contribution >= 0.6 is 11.6 Å². The van der Waals surface area contributed by atoms with E-state index in [2.05, 4.69) is 0 Å². The third kappa shape index (κ3) is 3.22. The van der Waals surface area contributed by atoms with Gasteiger partial charge in [0, 0.05) is 24.2 Å². The Morgan fingerprint density at radius 2 is 2.10 bits per heavy atom. The highest BCUT2D eigenvalue weighted by Crippen LogP contribution is 2.33. The lowest BCUT2D eigenvalue weighted by Crippen LogP contribution is -2.32. The van der Waals surface area contributed by atoms with Crippen molar-refractivity contribution in [1.29, 1.82) is 0 Å². The second-order valence-corrected chi connectivity index (χ2v) is 4.96. The lowest BCUT2D eigenvalue weighted by atomic mass is 10.2. The summed E-state index contributed by atoms with van der Waals surface area (Å²) < 4.78 is 10.6. The molecule has 0 aromatic heterocycles. The van der Waals surface area contributed by atoms with Crippen molar-refractivity contribution in [1.82, 2.24) is 4.90 Å². The van der Waals surface area contributed by atoms with Crippen LogP contribution in [0.25, 0.3) is 0 Å². The van der Waals surface area contributed by atoms with Crippen LogP contribution in [0.3, 0.4) is 0 Å². The Balaban J connectivity index is 2.11. The quantitative estimate of drug-likeness (QED) is 0.782. The van der Waals surface area contributed by atoms with Crippen LogP contribution in [0.5, 0.6) is 11.5 Å². The molecule has 1 aliphatic heterocycles. The molecule has 1 heterocycles. The van der Waals surface area contributed by atoms with Crippen LogP contribution in [-0.2, 0) is 4.79 Å². The molecule has 20 heavy (non-hydrogen) atoms. The fourth-order valence-electron chi connectivity index (χ4n) is 2.17. The first kappa shape index (κ1) is 14.7. The number of aldehydes is 1. The number of benzene rings is 1. The summed E-state index contributed by atoms with van der Waals surface area (Å²) in [5.41, 5.74) is 0.267. The third-order valence-electron chi connectivity index (χ3n) is 3.19. The van der Waals surface area contributed by atoms with Crippen LogP contribution in [0.4, 0.5) is 0 Å². The summed E-state index contributed by atoms with van der Waals surface area (Å²) in [5.74, 6) is 0.504. The van der Waals surface area contributed by atoms with Crippen molar-refractivity contribution in [3.63, 3.8) is 0 Å². The van der Waals surface area contributed by atoms with E-state index in [1.807, 2.05) is 0 Å². The van der Waals surface area contributed by atoms with Gasteiger partial charge in [0.25, 0.3) is 5.91 Å². The standard InChI is InChI=1S/C14H16ClNO4/c1-19-12-7-11(15)6-10(8-17)14(12)20-9-13(18)16-4-2-3-5-16/h6-8H,2-5,9H2,1H3. The van der Waals surface area contributed by atoms with Gasteiger partial charge in [0.1, 0.15) is 0 Å². The molecule has 1 aromatic rings. The molecule has 0 aliphatic carbocycles. The number of ether oxygens (including phenoxy) is 2. The average Bonchev–Trinajstić information content (AvgIpc) is 2.98. The highest BCUT2D eigenvalue weighted by Gasteiger charge is 2.20. The molecule has 108 valence electrons. The molecule has 0 saturated carbocycles. The summed E-state index contributed by atoms with van der Waals surface area (Å²) >= 11 is 5.88. The summed E-state index contributed by atoms with van der Waals surface area (Å²) in [7, 11) is 1.45. The van der Waals surface area contributed by atoms with E-state index < -0.39 is 0 Å². The molecular formula is C14H16ClNO4. The largest absolute Gasteiger partial charge is 0.493 e. The highest BCUT2D eigenvalue weighted by atomic mass is 35.5. The molecule has 5 nitrogen and oxygen atoms in total. The second-order valence-electron chi connectivity index (χ2n) is 4.52. The number of hydrogen-bond donors (Lipinski definition) is 0. The summed E-state index contributed by atoms with van der Waals surface area (Å²) in [4.78, 5) is 24.7. The van der Waals surface area contributed by atoms with Crippen molar-refractivity contribution < 1.29 is 19.1 Å². The maximum Gasteiger partial charge on any atom is 0.260 e. The van der Waals surface area contributed by atoms with Crippen molar-refractivity contribution in [2.45, 2.75) is 12.8 Å². The van der Waals surface area contributed by atoms with Crippen LogP contribution in [0.1, 0.15) is 23.2 Å². The topological polar surface area (TPSA) is 55.8 Å². The van der Waals surface area contributed by atoms with Gasteiger partial charge in [-0.2, -0.15) is 0 Å². The predicted octanol–water partition coefficient (Wildman–Crippen LogP) is 2.16. The van der Waals surface area contributed by atoms with Crippen LogP contribution in [0.15, 0.2) is 12.1 Å². The minimum atomic E-state index is -0.112. The Bertz CT molecular complexity index is 512. The molecule has 1 fully saturated rings. The molecule has 2 rings (SSSR count). The number of rotatable bonds is 5. The molecule has 0 atom stereocenters. The third-order valence-corrected chi connectivity index (χ3v) is 3.41. The normalized spacial score (nSPS) is 14.2. The van der Waals surface area contributed by atoms with E-state index in [1.54, 1.807) is 11.0 Å². The molecule has 0 spiro atoms. The van der Waals surface area contributed by atoms with Crippen molar-refractivity contribution >= 4 is 23.8 Å². The van der Waals surface area contributed by atoms with Gasteiger partial charge in [-0.15, -0.1) is 0 Å². The molecule has 1 saturated heterocycles. The number of amides is 1. The van der Waals surface area contributed by atoms with Crippen molar-refractivity contribution in [3.8, 4) is 11.5 Å². The van der Waals surface area contributed by atoms with Crippen molar-refractivity contribution in [2.75, 3.05) is 26.8 Å². The van der Waals surface area contributed by atoms with Gasteiger partial charge in [-0.1, -0.05) is 11.6 Å². The molecule has 1 aromatic carbocycles. The van der Waals surface area contributed by atoms with Gasteiger partial charge in [-0.25, -0.2) is 0 Å². The molecule has 0 unspecified atom stereocenters. The number of carbonyl (C=O) groups excluding carboxylic acids is 2. The van der Waals surface area contributed by atoms with Gasteiger partial charge in [0.05, 0.1) is 12.7 Å². The van der Waals surface area contributed by atoms with E-state index in [4.69, 9.17) is 21.1 Å². The number of nitrogens with zero attached hydrogens (tertiary/aromatic N) is 1. The summed E-state index contributed by atoms with van der Waals surface area (Å²) in [6, 6.07) is 3.02. The Labute approximate surface area is 122 Å². The number of likely N-dealkylation sites (tertiary alicyclic amines) is 1. The van der Waals surface area contributed by atoms with Crippen LogP contribution in [-0.4, -0.2) is 43.9 Å². The molecule has 0 radical (unpaired) electrons. The van der Waals surface area contributed by atoms with E-state index in [1.165, 1.54) is 13.2 Å². The minimum absolute atomic E-state index is 0.0867. The summed E-state index contributed by atoms with van der Waals surface area (Å²) in [6.07, 6.45) is 2.68. The zero-order valence-corrected chi connectivity index (χ0v) is 12.0. The fourth-order valence-corrected chi connectivity index (χ4v) is 2.39. The molecule has 0 N–H and O–H groups in total.